The predicted octanol–water partition coefficient (Wildman–Crippen LogP) is -0.897. The van der Waals surface area contributed by atoms with Crippen LogP contribution in [0.5, 0.6) is 0 Å². The standard InChI is InChI=1S/C15H11Cl2NO3.Na/c16-10-3-1-8(2-4-10)15(21)12-7-11(17)5-9(14(12)18)6-13(19)20;/h1-5,7H,6,18H2,(H,19,20);/q;+1/p-1. The Kier molecular flexibility index (Phi) is 6.91. The van der Waals surface area contributed by atoms with Crippen LogP contribution in [0.4, 0.5) is 5.69 Å². The van der Waals surface area contributed by atoms with E-state index in [1.165, 1.54) is 12.1 Å². The van der Waals surface area contributed by atoms with E-state index >= 15 is 0 Å². The van der Waals surface area contributed by atoms with Gasteiger partial charge in [0.15, 0.2) is 5.78 Å². The molecule has 0 aliphatic rings. The number of aliphatic carboxylic acids is 1. The van der Waals surface area contributed by atoms with Crippen LogP contribution in [-0.4, -0.2) is 11.8 Å². The van der Waals surface area contributed by atoms with Gasteiger partial charge >= 0.3 is 29.6 Å². The van der Waals surface area contributed by atoms with Crippen LogP contribution in [0.2, 0.25) is 10.0 Å². The van der Waals surface area contributed by atoms with Crippen LogP contribution in [-0.2, 0) is 11.2 Å². The van der Waals surface area contributed by atoms with Crippen molar-refractivity contribution in [2.75, 3.05) is 5.73 Å². The maximum atomic E-state index is 12.4. The third-order valence-corrected chi connectivity index (χ3v) is 3.39. The molecule has 2 rings (SSSR count). The average molecular weight is 346 g/mol. The monoisotopic (exact) mass is 345 g/mol. The zero-order chi connectivity index (χ0) is 15.6. The van der Waals surface area contributed by atoms with Crippen molar-refractivity contribution in [1.82, 2.24) is 0 Å². The number of hydrogen-bond donors (Lipinski definition) is 1. The summed E-state index contributed by atoms with van der Waals surface area (Å²) in [4.78, 5) is 23.1. The Hall–Kier alpha value is -1.04. The molecule has 0 bridgehead atoms. The smallest absolute Gasteiger partial charge is 0.550 e. The number of benzene rings is 2. The second kappa shape index (κ2) is 7.99. The van der Waals surface area contributed by atoms with Crippen LogP contribution < -0.4 is 40.4 Å². The molecule has 0 atom stereocenters. The first kappa shape index (κ1) is 19.0. The number of carbonyl (C=O) groups excluding carboxylic acids is 2. The van der Waals surface area contributed by atoms with Crippen molar-refractivity contribution >= 4 is 40.6 Å². The summed E-state index contributed by atoms with van der Waals surface area (Å²) in [5.41, 5.74) is 6.74. The fourth-order valence-corrected chi connectivity index (χ4v) is 2.29. The number of carboxylic acid groups (broad SMARTS) is 1. The average Bonchev–Trinajstić information content (AvgIpc) is 2.42. The van der Waals surface area contributed by atoms with E-state index in [2.05, 4.69) is 0 Å². The summed E-state index contributed by atoms with van der Waals surface area (Å²) in [7, 11) is 0. The van der Waals surface area contributed by atoms with E-state index < -0.39 is 12.4 Å². The van der Waals surface area contributed by atoms with Gasteiger partial charge in [0.1, 0.15) is 0 Å². The summed E-state index contributed by atoms with van der Waals surface area (Å²) in [5.74, 6) is -1.65. The normalized spacial score (nSPS) is 9.91. The number of rotatable bonds is 4. The van der Waals surface area contributed by atoms with Gasteiger partial charge in [0.05, 0.1) is 0 Å². The molecule has 0 unspecified atom stereocenters. The number of hydrogen-bond acceptors (Lipinski definition) is 4. The summed E-state index contributed by atoms with van der Waals surface area (Å²) in [6.45, 7) is 0. The van der Waals surface area contributed by atoms with Gasteiger partial charge in [-0.2, -0.15) is 0 Å². The van der Waals surface area contributed by atoms with Crippen LogP contribution in [0.1, 0.15) is 21.5 Å². The van der Waals surface area contributed by atoms with Gasteiger partial charge in [-0.15, -0.1) is 0 Å². The molecular formula is C15H10Cl2NNaO3. The maximum absolute atomic E-state index is 12.4. The maximum Gasteiger partial charge on any atom is 1.00 e. The van der Waals surface area contributed by atoms with E-state index in [9.17, 15) is 14.7 Å². The molecule has 2 N–H and O–H groups in total. The Morgan fingerprint density at radius 2 is 1.64 bits per heavy atom. The van der Waals surface area contributed by atoms with Gasteiger partial charge in [-0.05, 0) is 42.0 Å². The van der Waals surface area contributed by atoms with Crippen LogP contribution in [0, 0.1) is 0 Å². The third kappa shape index (κ3) is 4.48. The van der Waals surface area contributed by atoms with Crippen molar-refractivity contribution in [2.45, 2.75) is 6.42 Å². The Morgan fingerprint density at radius 1 is 1.05 bits per heavy atom. The van der Waals surface area contributed by atoms with Crippen molar-refractivity contribution < 1.29 is 44.3 Å². The molecule has 0 aliphatic carbocycles. The van der Waals surface area contributed by atoms with Crippen LogP contribution in [0.3, 0.4) is 0 Å². The van der Waals surface area contributed by atoms with Crippen LogP contribution >= 0.6 is 23.2 Å². The third-order valence-electron chi connectivity index (χ3n) is 2.92. The molecule has 0 aliphatic heterocycles. The van der Waals surface area contributed by atoms with Crippen molar-refractivity contribution in [1.29, 1.82) is 0 Å². The molecule has 0 saturated carbocycles. The molecule has 7 heteroatoms. The summed E-state index contributed by atoms with van der Waals surface area (Å²) >= 11 is 11.7. The summed E-state index contributed by atoms with van der Waals surface area (Å²) in [5, 5.41) is 11.4. The van der Waals surface area contributed by atoms with Gasteiger partial charge in [0.25, 0.3) is 0 Å². The molecule has 108 valence electrons. The number of carbonyl (C=O) groups is 2. The topological polar surface area (TPSA) is 83.2 Å². The quantitative estimate of drug-likeness (QED) is 0.442. The SMILES string of the molecule is Nc1c(CC(=O)[O-])cc(Cl)cc1C(=O)c1ccc(Cl)cc1.[Na+]. The summed E-state index contributed by atoms with van der Waals surface area (Å²) in [6, 6.07) is 9.10. The largest absolute Gasteiger partial charge is 1.00 e. The summed E-state index contributed by atoms with van der Waals surface area (Å²) < 4.78 is 0. The molecule has 2 aromatic rings. The van der Waals surface area contributed by atoms with Crippen molar-refractivity contribution in [3.63, 3.8) is 0 Å². The van der Waals surface area contributed by atoms with E-state index in [1.54, 1.807) is 24.3 Å². The molecule has 0 spiro atoms. The number of anilines is 1. The van der Waals surface area contributed by atoms with Gasteiger partial charge in [0, 0.05) is 39.2 Å². The Morgan fingerprint density at radius 3 is 2.18 bits per heavy atom. The van der Waals surface area contributed by atoms with Gasteiger partial charge in [-0.1, -0.05) is 23.2 Å². The molecule has 4 nitrogen and oxygen atoms in total. The molecule has 0 radical (unpaired) electrons. The molecule has 0 fully saturated rings. The van der Waals surface area contributed by atoms with E-state index in [1.807, 2.05) is 0 Å². The number of nitrogens with two attached hydrogens (primary N) is 1. The molecule has 2 aromatic carbocycles. The first-order valence-corrected chi connectivity index (χ1v) is 6.72. The first-order valence-electron chi connectivity index (χ1n) is 5.96. The number of ketones is 1. The van der Waals surface area contributed by atoms with Crippen LogP contribution in [0.25, 0.3) is 0 Å². The molecular weight excluding hydrogens is 336 g/mol. The number of halogens is 2. The molecule has 0 amide bonds. The molecule has 22 heavy (non-hydrogen) atoms. The van der Waals surface area contributed by atoms with E-state index in [4.69, 9.17) is 28.9 Å². The molecule has 0 heterocycles. The van der Waals surface area contributed by atoms with Gasteiger partial charge in [-0.3, -0.25) is 4.79 Å². The first-order chi connectivity index (χ1) is 9.88. The fourth-order valence-electron chi connectivity index (χ4n) is 1.92. The summed E-state index contributed by atoms with van der Waals surface area (Å²) in [6.07, 6.45) is -0.409. The van der Waals surface area contributed by atoms with E-state index in [0.717, 1.165) is 0 Å². The minimum absolute atomic E-state index is 0. The molecule has 0 saturated heterocycles. The Bertz CT molecular complexity index is 717. The minimum atomic E-state index is -1.30. The zero-order valence-corrected chi connectivity index (χ0v) is 15.2. The van der Waals surface area contributed by atoms with Gasteiger partial charge < -0.3 is 15.6 Å². The number of nitrogen functional groups attached to an aromatic ring is 1. The Balaban J connectivity index is 0.00000242. The minimum Gasteiger partial charge on any atom is -0.550 e. The van der Waals surface area contributed by atoms with E-state index in [-0.39, 0.29) is 57.2 Å². The fraction of sp³-hybridized carbons (Fsp3) is 0.0667. The van der Waals surface area contributed by atoms with Gasteiger partial charge in [-0.25, -0.2) is 0 Å². The van der Waals surface area contributed by atoms with Gasteiger partial charge in [0.2, 0.25) is 0 Å². The van der Waals surface area contributed by atoms with Crippen molar-refractivity contribution in [2.24, 2.45) is 0 Å². The molecule has 0 aromatic heterocycles. The Labute approximate surface area is 159 Å². The second-order valence-corrected chi connectivity index (χ2v) is 5.28. The van der Waals surface area contributed by atoms with Crippen molar-refractivity contribution in [3.05, 3.63) is 63.1 Å². The predicted molar refractivity (Wildman–Crippen MR) is 79.5 cm³/mol. The van der Waals surface area contributed by atoms with Crippen molar-refractivity contribution in [3.8, 4) is 0 Å². The zero-order valence-electron chi connectivity index (χ0n) is 11.7. The van der Waals surface area contributed by atoms with E-state index in [0.29, 0.717) is 10.6 Å². The number of carboxylic acids is 1. The van der Waals surface area contributed by atoms with Crippen LogP contribution in [0.15, 0.2) is 36.4 Å². The second-order valence-electron chi connectivity index (χ2n) is 4.41.